The first kappa shape index (κ1) is 23.2. The van der Waals surface area contributed by atoms with Crippen LogP contribution in [0.15, 0.2) is 84.7 Å². The first-order chi connectivity index (χ1) is 16.5. The van der Waals surface area contributed by atoms with Crippen molar-refractivity contribution in [1.29, 1.82) is 0 Å². The molecule has 0 bridgehead atoms. The quantitative estimate of drug-likeness (QED) is 0.307. The lowest BCUT2D eigenvalue weighted by Crippen LogP contribution is -3.06. The number of nitrogens with one attached hydrogen (secondary N) is 1. The van der Waals surface area contributed by atoms with Gasteiger partial charge in [0.15, 0.2) is 0 Å². The van der Waals surface area contributed by atoms with Gasteiger partial charge in [0.05, 0.1) is 38.8 Å². The SMILES string of the molecule is C[NH+](C)CCN1C(=O)C(=O)/C(=C(\O)c2ccc(OCc3ccccc3)cc2)[C@@H]1c1ccncc1. The van der Waals surface area contributed by atoms with E-state index in [9.17, 15) is 14.7 Å². The van der Waals surface area contributed by atoms with Crippen molar-refractivity contribution in [2.45, 2.75) is 12.6 Å². The molecule has 7 heteroatoms. The average molecular weight is 459 g/mol. The molecule has 2 heterocycles. The molecule has 1 saturated heterocycles. The fourth-order valence-electron chi connectivity index (χ4n) is 3.95. The van der Waals surface area contributed by atoms with Crippen LogP contribution in [0.1, 0.15) is 22.7 Å². The van der Waals surface area contributed by atoms with Crippen LogP contribution in [0.3, 0.4) is 0 Å². The van der Waals surface area contributed by atoms with Gasteiger partial charge < -0.3 is 19.6 Å². The Morgan fingerprint density at radius 3 is 2.32 bits per heavy atom. The fraction of sp³-hybridized carbons (Fsp3) is 0.222. The summed E-state index contributed by atoms with van der Waals surface area (Å²) in [5, 5.41) is 11.2. The van der Waals surface area contributed by atoms with Crippen LogP contribution in [-0.2, 0) is 16.2 Å². The van der Waals surface area contributed by atoms with Gasteiger partial charge >= 0.3 is 0 Å². The number of hydrogen-bond donors (Lipinski definition) is 2. The minimum absolute atomic E-state index is 0.0860. The number of amides is 1. The number of quaternary nitrogens is 1. The molecule has 1 atom stereocenters. The van der Waals surface area contributed by atoms with Crippen LogP contribution < -0.4 is 9.64 Å². The summed E-state index contributed by atoms with van der Waals surface area (Å²) in [4.78, 5) is 32.7. The van der Waals surface area contributed by atoms with Crippen molar-refractivity contribution in [2.24, 2.45) is 0 Å². The molecule has 7 nitrogen and oxygen atoms in total. The van der Waals surface area contributed by atoms with Gasteiger partial charge in [-0.3, -0.25) is 14.6 Å². The van der Waals surface area contributed by atoms with Gasteiger partial charge in [-0.25, -0.2) is 0 Å². The van der Waals surface area contributed by atoms with Crippen molar-refractivity contribution in [3.63, 3.8) is 0 Å². The van der Waals surface area contributed by atoms with Crippen molar-refractivity contribution in [2.75, 3.05) is 27.2 Å². The molecule has 1 aliphatic rings. The number of benzene rings is 2. The van der Waals surface area contributed by atoms with Gasteiger partial charge in [-0.1, -0.05) is 30.3 Å². The van der Waals surface area contributed by atoms with Crippen LogP contribution in [0.25, 0.3) is 5.76 Å². The van der Waals surface area contributed by atoms with Crippen molar-refractivity contribution >= 4 is 17.4 Å². The number of pyridine rings is 1. The lowest BCUT2D eigenvalue weighted by molar-refractivity contribution is -0.857. The predicted molar refractivity (Wildman–Crippen MR) is 128 cm³/mol. The smallest absolute Gasteiger partial charge is 0.295 e. The summed E-state index contributed by atoms with van der Waals surface area (Å²) in [6, 6.07) is 19.5. The molecule has 4 rings (SSSR count). The summed E-state index contributed by atoms with van der Waals surface area (Å²) in [5.41, 5.74) is 2.31. The van der Waals surface area contributed by atoms with Gasteiger partial charge in [-0.2, -0.15) is 0 Å². The largest absolute Gasteiger partial charge is 0.507 e. The highest BCUT2D eigenvalue weighted by atomic mass is 16.5. The molecule has 1 amide bonds. The van der Waals surface area contributed by atoms with E-state index in [1.807, 2.05) is 44.4 Å². The third kappa shape index (κ3) is 5.00. The molecule has 34 heavy (non-hydrogen) atoms. The summed E-state index contributed by atoms with van der Waals surface area (Å²) in [6.45, 7) is 1.48. The molecule has 0 aliphatic carbocycles. The Labute approximate surface area is 198 Å². The Hall–Kier alpha value is -3.97. The molecule has 2 aromatic carbocycles. The molecular weight excluding hydrogens is 430 g/mol. The molecule has 0 spiro atoms. The van der Waals surface area contributed by atoms with Crippen molar-refractivity contribution < 1.29 is 24.3 Å². The van der Waals surface area contributed by atoms with Gasteiger partial charge in [-0.15, -0.1) is 0 Å². The van der Waals surface area contributed by atoms with Crippen molar-refractivity contribution in [1.82, 2.24) is 9.88 Å². The number of rotatable bonds is 8. The predicted octanol–water partition coefficient (Wildman–Crippen LogP) is 2.23. The molecule has 0 unspecified atom stereocenters. The van der Waals surface area contributed by atoms with Crippen LogP contribution in [0.5, 0.6) is 5.75 Å². The number of Topliss-reactive ketones (excluding diaryl/α,β-unsaturated/α-hetero) is 1. The number of carbonyl (C=O) groups is 2. The Morgan fingerprint density at radius 2 is 1.68 bits per heavy atom. The van der Waals surface area contributed by atoms with Gasteiger partial charge in [0.25, 0.3) is 11.7 Å². The first-order valence-corrected chi connectivity index (χ1v) is 11.2. The zero-order valence-corrected chi connectivity index (χ0v) is 19.3. The summed E-state index contributed by atoms with van der Waals surface area (Å²) in [6.07, 6.45) is 3.23. The Balaban J connectivity index is 1.63. The summed E-state index contributed by atoms with van der Waals surface area (Å²) in [7, 11) is 3.97. The van der Waals surface area contributed by atoms with Gasteiger partial charge in [0, 0.05) is 18.0 Å². The zero-order valence-electron chi connectivity index (χ0n) is 19.3. The van der Waals surface area contributed by atoms with Gasteiger partial charge in [0.1, 0.15) is 18.1 Å². The highest BCUT2D eigenvalue weighted by Crippen LogP contribution is 2.39. The fourth-order valence-corrected chi connectivity index (χ4v) is 3.95. The summed E-state index contributed by atoms with van der Waals surface area (Å²) < 4.78 is 5.82. The molecule has 0 radical (unpaired) electrons. The van der Waals surface area contributed by atoms with Crippen molar-refractivity contribution in [3.8, 4) is 5.75 Å². The van der Waals surface area contributed by atoms with E-state index in [-0.39, 0.29) is 11.3 Å². The second-order valence-corrected chi connectivity index (χ2v) is 8.53. The van der Waals surface area contributed by atoms with E-state index >= 15 is 0 Å². The van der Waals surface area contributed by atoms with E-state index in [4.69, 9.17) is 4.74 Å². The third-order valence-corrected chi connectivity index (χ3v) is 5.79. The molecule has 1 fully saturated rings. The molecular formula is C27H28N3O4+. The van der Waals surface area contributed by atoms with Crippen LogP contribution in [0.4, 0.5) is 0 Å². The Bertz CT molecular complexity index is 1180. The maximum Gasteiger partial charge on any atom is 0.295 e. The van der Waals surface area contributed by atoms with E-state index in [2.05, 4.69) is 4.98 Å². The number of nitrogens with zero attached hydrogens (tertiary/aromatic N) is 2. The van der Waals surface area contributed by atoms with Gasteiger partial charge in [0.2, 0.25) is 0 Å². The minimum Gasteiger partial charge on any atom is -0.507 e. The second kappa shape index (κ2) is 10.3. The Kier molecular flexibility index (Phi) is 7.04. The van der Waals surface area contributed by atoms with E-state index in [0.717, 1.165) is 16.0 Å². The zero-order chi connectivity index (χ0) is 24.1. The number of hydrogen-bond acceptors (Lipinski definition) is 5. The summed E-state index contributed by atoms with van der Waals surface area (Å²) in [5.74, 6) is -0.847. The normalized spacial score (nSPS) is 17.4. The highest BCUT2D eigenvalue weighted by molar-refractivity contribution is 6.46. The average Bonchev–Trinajstić information content (AvgIpc) is 3.12. The van der Waals surface area contributed by atoms with Gasteiger partial charge in [-0.05, 0) is 47.5 Å². The standard InChI is InChI=1S/C27H27N3O4/c1-29(2)16-17-30-24(20-12-14-28-15-13-20)23(26(32)27(30)33)25(31)21-8-10-22(11-9-21)34-18-19-6-4-3-5-7-19/h3-15,24,31H,16-18H2,1-2H3/p+1/b25-23-/t24-/m0/s1. The van der Waals surface area contributed by atoms with E-state index in [0.29, 0.717) is 31.0 Å². The minimum atomic E-state index is -0.683. The monoisotopic (exact) mass is 458 g/mol. The van der Waals surface area contributed by atoms with E-state index < -0.39 is 17.7 Å². The lowest BCUT2D eigenvalue weighted by Gasteiger charge is -2.25. The van der Waals surface area contributed by atoms with Crippen molar-refractivity contribution in [3.05, 3.63) is 101 Å². The number of aromatic nitrogens is 1. The van der Waals surface area contributed by atoms with Crippen LogP contribution in [0.2, 0.25) is 0 Å². The number of aliphatic hydroxyl groups is 1. The van der Waals surface area contributed by atoms with E-state index in [1.54, 1.807) is 48.8 Å². The molecule has 1 aromatic heterocycles. The maximum atomic E-state index is 13.0. The molecule has 0 saturated carbocycles. The molecule has 3 aromatic rings. The Morgan fingerprint density at radius 1 is 1.00 bits per heavy atom. The topological polar surface area (TPSA) is 84.2 Å². The number of likely N-dealkylation sites (tertiary alicyclic amines) is 1. The van der Waals surface area contributed by atoms with Crippen LogP contribution in [-0.4, -0.2) is 53.9 Å². The number of ether oxygens (including phenoxy) is 1. The van der Waals surface area contributed by atoms with Crippen LogP contribution in [0, 0.1) is 0 Å². The van der Waals surface area contributed by atoms with E-state index in [1.165, 1.54) is 4.90 Å². The van der Waals surface area contributed by atoms with Crippen LogP contribution >= 0.6 is 0 Å². The molecule has 174 valence electrons. The number of ketones is 1. The summed E-state index contributed by atoms with van der Waals surface area (Å²) >= 11 is 0. The maximum absolute atomic E-state index is 13.0. The highest BCUT2D eigenvalue weighted by Gasteiger charge is 2.46. The molecule has 1 aliphatic heterocycles. The third-order valence-electron chi connectivity index (χ3n) is 5.79. The number of aliphatic hydroxyl groups excluding tert-OH is 1. The first-order valence-electron chi connectivity index (χ1n) is 11.2. The number of carbonyl (C=O) groups excluding carboxylic acids is 2. The molecule has 2 N–H and O–H groups in total. The lowest BCUT2D eigenvalue weighted by atomic mass is 9.96. The second-order valence-electron chi connectivity index (χ2n) is 8.53. The number of likely N-dealkylation sites (N-methyl/N-ethyl adjacent to an activating group) is 1.